The molecular weight excluding hydrogens is 246 g/mol. The molecule has 0 radical (unpaired) electrons. The van der Waals surface area contributed by atoms with Crippen molar-refractivity contribution in [2.75, 3.05) is 20.8 Å². The molecule has 1 fully saturated rings. The molecule has 5 heteroatoms. The topological polar surface area (TPSA) is 56.8 Å². The Hall–Kier alpha value is -1.75. The number of amides is 1. The lowest BCUT2D eigenvalue weighted by molar-refractivity contribution is -0.130. The predicted molar refractivity (Wildman–Crippen MR) is 70.4 cm³/mol. The first-order valence-electron chi connectivity index (χ1n) is 6.35. The maximum Gasteiger partial charge on any atom is 0.249 e. The molecule has 1 amide bonds. The number of ether oxygens (including phenoxy) is 3. The van der Waals surface area contributed by atoms with Crippen LogP contribution in [-0.4, -0.2) is 32.8 Å². The minimum absolute atomic E-state index is 0.0672. The van der Waals surface area contributed by atoms with E-state index in [0.717, 1.165) is 29.9 Å². The summed E-state index contributed by atoms with van der Waals surface area (Å²) < 4.78 is 15.8. The van der Waals surface area contributed by atoms with Crippen LogP contribution in [0, 0.1) is 0 Å². The third-order valence-corrected chi connectivity index (χ3v) is 3.16. The average Bonchev–Trinajstić information content (AvgIpc) is 2.98. The smallest absolute Gasteiger partial charge is 0.249 e. The first-order valence-corrected chi connectivity index (χ1v) is 6.35. The molecule has 2 rings (SSSR count). The highest BCUT2D eigenvalue weighted by molar-refractivity contribution is 5.81. The predicted octanol–water partition coefficient (Wildman–Crippen LogP) is 1.50. The number of carbonyl (C=O) groups is 1. The van der Waals surface area contributed by atoms with E-state index in [9.17, 15) is 4.79 Å². The molecule has 5 nitrogen and oxygen atoms in total. The standard InChI is InChI=1S/C14H19NO4/c1-17-11-5-6-12(18-2)10(8-11)9-15-14(16)13-4-3-7-19-13/h5-6,8,13H,3-4,7,9H2,1-2H3,(H,15,16)/t13-/m1/s1. The van der Waals surface area contributed by atoms with Crippen molar-refractivity contribution in [2.24, 2.45) is 0 Å². The van der Waals surface area contributed by atoms with Crippen LogP contribution in [0.3, 0.4) is 0 Å². The van der Waals surface area contributed by atoms with E-state index in [1.165, 1.54) is 0 Å². The molecule has 1 aliphatic rings. The molecule has 0 unspecified atom stereocenters. The molecule has 1 saturated heterocycles. The molecule has 1 atom stereocenters. The fourth-order valence-electron chi connectivity index (χ4n) is 2.10. The van der Waals surface area contributed by atoms with Crippen molar-refractivity contribution in [1.82, 2.24) is 5.32 Å². The van der Waals surface area contributed by atoms with Gasteiger partial charge in [0.25, 0.3) is 0 Å². The highest BCUT2D eigenvalue weighted by Crippen LogP contribution is 2.24. The Labute approximate surface area is 112 Å². The number of hydrogen-bond donors (Lipinski definition) is 1. The van der Waals surface area contributed by atoms with E-state index in [0.29, 0.717) is 13.2 Å². The van der Waals surface area contributed by atoms with E-state index in [1.54, 1.807) is 14.2 Å². The summed E-state index contributed by atoms with van der Waals surface area (Å²) in [5.41, 5.74) is 0.883. The maximum absolute atomic E-state index is 11.9. The SMILES string of the molecule is COc1ccc(OC)c(CNC(=O)[C@H]2CCCO2)c1. The monoisotopic (exact) mass is 265 g/mol. The highest BCUT2D eigenvalue weighted by Gasteiger charge is 2.23. The van der Waals surface area contributed by atoms with Gasteiger partial charge in [0.1, 0.15) is 17.6 Å². The van der Waals surface area contributed by atoms with Gasteiger partial charge in [-0.25, -0.2) is 0 Å². The van der Waals surface area contributed by atoms with Gasteiger partial charge in [0, 0.05) is 18.7 Å². The molecule has 104 valence electrons. The lowest BCUT2D eigenvalue weighted by Crippen LogP contribution is -2.33. The molecule has 1 aromatic carbocycles. The van der Waals surface area contributed by atoms with Crippen molar-refractivity contribution in [3.63, 3.8) is 0 Å². The van der Waals surface area contributed by atoms with Crippen molar-refractivity contribution >= 4 is 5.91 Å². The summed E-state index contributed by atoms with van der Waals surface area (Å²) in [5.74, 6) is 1.40. The van der Waals surface area contributed by atoms with Gasteiger partial charge >= 0.3 is 0 Å². The van der Waals surface area contributed by atoms with Crippen LogP contribution in [0.15, 0.2) is 18.2 Å². The zero-order chi connectivity index (χ0) is 13.7. The van der Waals surface area contributed by atoms with Crippen molar-refractivity contribution in [2.45, 2.75) is 25.5 Å². The third kappa shape index (κ3) is 3.38. The Bertz CT molecular complexity index is 441. The molecule has 0 saturated carbocycles. The van der Waals surface area contributed by atoms with Gasteiger partial charge in [0.05, 0.1) is 14.2 Å². The first kappa shape index (κ1) is 13.7. The molecule has 0 aliphatic carbocycles. The Balaban J connectivity index is 1.99. The number of nitrogens with one attached hydrogen (secondary N) is 1. The van der Waals surface area contributed by atoms with Crippen LogP contribution in [0.4, 0.5) is 0 Å². The molecule has 1 aliphatic heterocycles. The zero-order valence-corrected chi connectivity index (χ0v) is 11.3. The third-order valence-electron chi connectivity index (χ3n) is 3.16. The molecular formula is C14H19NO4. The van der Waals surface area contributed by atoms with E-state index in [-0.39, 0.29) is 12.0 Å². The normalized spacial score (nSPS) is 18.1. The summed E-state index contributed by atoms with van der Waals surface area (Å²) in [6.45, 7) is 1.07. The number of carbonyl (C=O) groups excluding carboxylic acids is 1. The zero-order valence-electron chi connectivity index (χ0n) is 11.3. The number of hydrogen-bond acceptors (Lipinski definition) is 4. The van der Waals surface area contributed by atoms with Crippen molar-refractivity contribution < 1.29 is 19.0 Å². The fourth-order valence-corrected chi connectivity index (χ4v) is 2.10. The molecule has 0 aromatic heterocycles. The molecule has 1 heterocycles. The molecule has 1 N–H and O–H groups in total. The number of rotatable bonds is 5. The van der Waals surface area contributed by atoms with E-state index in [2.05, 4.69) is 5.32 Å². The Kier molecular flexibility index (Phi) is 4.63. The van der Waals surface area contributed by atoms with Gasteiger partial charge in [-0.1, -0.05) is 0 Å². The Morgan fingerprint density at radius 1 is 1.42 bits per heavy atom. The van der Waals surface area contributed by atoms with Crippen LogP contribution in [0.25, 0.3) is 0 Å². The van der Waals surface area contributed by atoms with E-state index >= 15 is 0 Å². The fraction of sp³-hybridized carbons (Fsp3) is 0.500. The van der Waals surface area contributed by atoms with Gasteiger partial charge in [0.15, 0.2) is 0 Å². The second-order valence-electron chi connectivity index (χ2n) is 4.40. The second kappa shape index (κ2) is 6.43. The molecule has 19 heavy (non-hydrogen) atoms. The van der Waals surface area contributed by atoms with Gasteiger partial charge < -0.3 is 19.5 Å². The van der Waals surface area contributed by atoms with Gasteiger partial charge in [-0.3, -0.25) is 4.79 Å². The summed E-state index contributed by atoms with van der Waals surface area (Å²) >= 11 is 0. The van der Waals surface area contributed by atoms with Gasteiger partial charge in [-0.15, -0.1) is 0 Å². The minimum atomic E-state index is -0.309. The van der Waals surface area contributed by atoms with Crippen molar-refractivity contribution in [3.05, 3.63) is 23.8 Å². The Morgan fingerprint density at radius 3 is 2.89 bits per heavy atom. The van der Waals surface area contributed by atoms with Gasteiger partial charge in [-0.05, 0) is 31.0 Å². The lowest BCUT2D eigenvalue weighted by atomic mass is 10.1. The average molecular weight is 265 g/mol. The van der Waals surface area contributed by atoms with Crippen LogP contribution in [-0.2, 0) is 16.1 Å². The quantitative estimate of drug-likeness (QED) is 0.876. The van der Waals surface area contributed by atoms with E-state index in [4.69, 9.17) is 14.2 Å². The van der Waals surface area contributed by atoms with Crippen LogP contribution < -0.4 is 14.8 Å². The van der Waals surface area contributed by atoms with E-state index in [1.807, 2.05) is 18.2 Å². The van der Waals surface area contributed by atoms with Crippen LogP contribution in [0.5, 0.6) is 11.5 Å². The summed E-state index contributed by atoms with van der Waals surface area (Å²) in [4.78, 5) is 11.9. The molecule has 0 bridgehead atoms. The number of benzene rings is 1. The van der Waals surface area contributed by atoms with Gasteiger partial charge in [0.2, 0.25) is 5.91 Å². The summed E-state index contributed by atoms with van der Waals surface area (Å²) in [6.07, 6.45) is 1.43. The summed E-state index contributed by atoms with van der Waals surface area (Å²) in [7, 11) is 3.21. The minimum Gasteiger partial charge on any atom is -0.497 e. The second-order valence-corrected chi connectivity index (χ2v) is 4.40. The van der Waals surface area contributed by atoms with Gasteiger partial charge in [-0.2, -0.15) is 0 Å². The summed E-state index contributed by atoms with van der Waals surface area (Å²) in [6, 6.07) is 5.51. The summed E-state index contributed by atoms with van der Waals surface area (Å²) in [5, 5.41) is 2.87. The number of methoxy groups -OCH3 is 2. The first-order chi connectivity index (χ1) is 9.24. The highest BCUT2D eigenvalue weighted by atomic mass is 16.5. The largest absolute Gasteiger partial charge is 0.497 e. The van der Waals surface area contributed by atoms with Crippen LogP contribution in [0.1, 0.15) is 18.4 Å². The lowest BCUT2D eigenvalue weighted by Gasteiger charge is -2.13. The molecule has 1 aromatic rings. The van der Waals surface area contributed by atoms with Crippen LogP contribution >= 0.6 is 0 Å². The Morgan fingerprint density at radius 2 is 2.26 bits per heavy atom. The van der Waals surface area contributed by atoms with E-state index < -0.39 is 0 Å². The van der Waals surface area contributed by atoms with Crippen molar-refractivity contribution in [3.8, 4) is 11.5 Å². The maximum atomic E-state index is 11.9. The molecule has 0 spiro atoms. The van der Waals surface area contributed by atoms with Crippen molar-refractivity contribution in [1.29, 1.82) is 0 Å². The van der Waals surface area contributed by atoms with Crippen LogP contribution in [0.2, 0.25) is 0 Å².